The molecule has 0 saturated carbocycles. The summed E-state index contributed by atoms with van der Waals surface area (Å²) in [5, 5.41) is 21.2. The van der Waals surface area contributed by atoms with Gasteiger partial charge in [0, 0.05) is 17.1 Å². The number of hydrogen-bond acceptors (Lipinski definition) is 1. The fourth-order valence-electron chi connectivity index (χ4n) is 8.42. The van der Waals surface area contributed by atoms with Gasteiger partial charge in [-0.1, -0.05) is 111 Å². The van der Waals surface area contributed by atoms with Gasteiger partial charge < -0.3 is 0 Å². The van der Waals surface area contributed by atoms with E-state index in [0.717, 1.165) is 12.1 Å². The summed E-state index contributed by atoms with van der Waals surface area (Å²) in [4.78, 5) is 5.01. The van der Waals surface area contributed by atoms with Crippen molar-refractivity contribution in [2.75, 3.05) is 0 Å². The lowest BCUT2D eigenvalue weighted by Gasteiger charge is -2.16. The normalized spacial score (nSPS) is 12.8. The van der Waals surface area contributed by atoms with Crippen LogP contribution in [0.3, 0.4) is 0 Å². The van der Waals surface area contributed by atoms with Crippen LogP contribution in [-0.4, -0.2) is 4.98 Å². The van der Waals surface area contributed by atoms with Crippen molar-refractivity contribution < 1.29 is 0 Å². The van der Waals surface area contributed by atoms with Gasteiger partial charge in [0.05, 0.1) is 5.69 Å². The molecular formula is C45H31N. The summed E-state index contributed by atoms with van der Waals surface area (Å²) in [6, 6.07) is 43.0. The fraction of sp³-hybridized carbons (Fsp3) is 0.0889. The zero-order valence-electron chi connectivity index (χ0n) is 25.9. The Balaban J connectivity index is 1.49. The molecule has 0 spiro atoms. The quantitative estimate of drug-likeness (QED) is 0.148. The summed E-state index contributed by atoms with van der Waals surface area (Å²) >= 11 is 0. The van der Waals surface area contributed by atoms with E-state index in [0.29, 0.717) is 5.92 Å². The van der Waals surface area contributed by atoms with Crippen molar-refractivity contribution in [2.45, 2.75) is 20.3 Å². The molecule has 1 aromatic heterocycles. The van der Waals surface area contributed by atoms with Gasteiger partial charge in [0.2, 0.25) is 0 Å². The molecule has 0 bridgehead atoms. The summed E-state index contributed by atoms with van der Waals surface area (Å²) < 4.78 is 0. The second-order valence-electron chi connectivity index (χ2n) is 13.2. The molecule has 1 heteroatoms. The van der Waals surface area contributed by atoms with E-state index in [4.69, 9.17) is 4.98 Å². The SMILES string of the molecule is CC(C)/C=C\Cc1c2cc3c(cc2c(-c2ccccn2)c2c4cccc5cccc(c12)c54)c1cccc2c4ccccc4cc3c21. The van der Waals surface area contributed by atoms with Crippen LogP contribution in [0.2, 0.25) is 0 Å². The molecule has 1 heterocycles. The number of benzene rings is 7. The maximum absolute atomic E-state index is 5.01. The zero-order valence-corrected chi connectivity index (χ0v) is 25.9. The Kier molecular flexibility index (Phi) is 5.31. The molecule has 216 valence electrons. The van der Waals surface area contributed by atoms with Gasteiger partial charge in [-0.2, -0.15) is 0 Å². The van der Waals surface area contributed by atoms with E-state index < -0.39 is 0 Å². The lowest BCUT2D eigenvalue weighted by atomic mass is 9.88. The summed E-state index contributed by atoms with van der Waals surface area (Å²) in [7, 11) is 0. The first-order valence-electron chi connectivity index (χ1n) is 16.4. The van der Waals surface area contributed by atoms with Gasteiger partial charge in [-0.15, -0.1) is 0 Å². The lowest BCUT2D eigenvalue weighted by Crippen LogP contribution is -1.93. The zero-order chi connectivity index (χ0) is 30.5. The number of rotatable bonds is 4. The van der Waals surface area contributed by atoms with Gasteiger partial charge >= 0.3 is 0 Å². The van der Waals surface area contributed by atoms with Crippen LogP contribution in [-0.2, 0) is 6.42 Å². The molecule has 0 aliphatic carbocycles. The third kappa shape index (κ3) is 3.43. The Hall–Kier alpha value is -5.53. The first-order chi connectivity index (χ1) is 22.7. The van der Waals surface area contributed by atoms with Crippen LogP contribution in [0.4, 0.5) is 0 Å². The Morgan fingerprint density at radius 3 is 1.96 bits per heavy atom. The molecule has 0 aliphatic heterocycles. The molecule has 0 aliphatic rings. The fourth-order valence-corrected chi connectivity index (χ4v) is 8.42. The van der Waals surface area contributed by atoms with Crippen LogP contribution >= 0.6 is 0 Å². The molecule has 10 rings (SSSR count). The molecule has 1 nitrogen and oxygen atoms in total. The minimum Gasteiger partial charge on any atom is -0.256 e. The van der Waals surface area contributed by atoms with E-state index in [1.54, 1.807) is 0 Å². The predicted octanol–water partition coefficient (Wildman–Crippen LogP) is 12.6. The average Bonchev–Trinajstić information content (AvgIpc) is 3.58. The van der Waals surface area contributed by atoms with E-state index >= 15 is 0 Å². The molecule has 0 unspecified atom stereocenters. The summed E-state index contributed by atoms with van der Waals surface area (Å²) in [5.41, 5.74) is 3.67. The standard InChI is InChI=1S/C45H31N/c1-26(2)11-7-16-32-36-24-37-35(31-18-10-17-30-29-15-4-3-12-28(29)23-38(37)42(30)31)25-39(36)44(40-21-5-6-22-46-40)45-34-20-9-14-27-13-8-19-33(41(27)34)43(32)45/h3-15,17-26H,16H2,1-2H3/b11-7-. The molecule has 0 atom stereocenters. The summed E-state index contributed by atoms with van der Waals surface area (Å²) in [6.45, 7) is 4.52. The second kappa shape index (κ2) is 9.49. The van der Waals surface area contributed by atoms with E-state index in [9.17, 15) is 0 Å². The Morgan fingerprint density at radius 1 is 0.500 bits per heavy atom. The Labute approximate surface area is 267 Å². The third-order valence-electron chi connectivity index (χ3n) is 10.2. The molecule has 10 aromatic rings. The third-order valence-corrected chi connectivity index (χ3v) is 10.2. The van der Waals surface area contributed by atoms with Gasteiger partial charge in [-0.25, -0.2) is 0 Å². The maximum atomic E-state index is 5.01. The number of aromatic nitrogens is 1. The van der Waals surface area contributed by atoms with Crippen LogP contribution < -0.4 is 0 Å². The van der Waals surface area contributed by atoms with Gasteiger partial charge in [-0.3, -0.25) is 4.98 Å². The molecule has 9 aromatic carbocycles. The number of hydrogen-bond donors (Lipinski definition) is 0. The van der Waals surface area contributed by atoms with Crippen molar-refractivity contribution in [2.24, 2.45) is 5.92 Å². The second-order valence-corrected chi connectivity index (χ2v) is 13.2. The van der Waals surface area contributed by atoms with Crippen molar-refractivity contribution in [1.82, 2.24) is 4.98 Å². The molecule has 0 saturated heterocycles. The van der Waals surface area contributed by atoms with Gasteiger partial charge in [0.1, 0.15) is 0 Å². The predicted molar refractivity (Wildman–Crippen MR) is 200 cm³/mol. The van der Waals surface area contributed by atoms with Gasteiger partial charge in [0.25, 0.3) is 0 Å². The summed E-state index contributed by atoms with van der Waals surface area (Å²) in [6.07, 6.45) is 7.55. The van der Waals surface area contributed by atoms with E-state index in [-0.39, 0.29) is 0 Å². The van der Waals surface area contributed by atoms with Gasteiger partial charge in [0.15, 0.2) is 0 Å². The minimum atomic E-state index is 0.498. The highest BCUT2D eigenvalue weighted by Crippen LogP contribution is 2.50. The van der Waals surface area contributed by atoms with Crippen LogP contribution in [0.25, 0.3) is 97.4 Å². The highest BCUT2D eigenvalue weighted by Gasteiger charge is 2.24. The van der Waals surface area contributed by atoms with E-state index in [1.807, 2.05) is 12.3 Å². The molecule has 0 amide bonds. The monoisotopic (exact) mass is 585 g/mol. The van der Waals surface area contributed by atoms with Crippen molar-refractivity contribution in [3.8, 4) is 11.3 Å². The van der Waals surface area contributed by atoms with E-state index in [1.165, 1.54) is 97.3 Å². The van der Waals surface area contributed by atoms with Gasteiger partial charge in [-0.05, 0) is 129 Å². The van der Waals surface area contributed by atoms with Crippen molar-refractivity contribution >= 4 is 86.2 Å². The first-order valence-corrected chi connectivity index (χ1v) is 16.4. The Bertz CT molecular complexity index is 2830. The largest absolute Gasteiger partial charge is 0.256 e. The van der Waals surface area contributed by atoms with Crippen molar-refractivity contribution in [3.05, 3.63) is 139 Å². The molecule has 0 N–H and O–H groups in total. The van der Waals surface area contributed by atoms with Crippen molar-refractivity contribution in [1.29, 1.82) is 0 Å². The highest BCUT2D eigenvalue weighted by atomic mass is 14.7. The topological polar surface area (TPSA) is 12.9 Å². The Morgan fingerprint density at radius 2 is 1.15 bits per heavy atom. The molecule has 0 radical (unpaired) electrons. The highest BCUT2D eigenvalue weighted by molar-refractivity contribution is 6.40. The van der Waals surface area contributed by atoms with Crippen LogP contribution in [0, 0.1) is 5.92 Å². The molecule has 46 heavy (non-hydrogen) atoms. The number of fused-ring (bicyclic) bond motifs is 9. The van der Waals surface area contributed by atoms with Crippen molar-refractivity contribution in [3.63, 3.8) is 0 Å². The molecule has 0 fully saturated rings. The molecular weight excluding hydrogens is 555 g/mol. The van der Waals surface area contributed by atoms with E-state index in [2.05, 4.69) is 135 Å². The number of pyridine rings is 1. The van der Waals surface area contributed by atoms with Crippen LogP contribution in [0.5, 0.6) is 0 Å². The summed E-state index contributed by atoms with van der Waals surface area (Å²) in [5.74, 6) is 0.498. The van der Waals surface area contributed by atoms with Crippen LogP contribution in [0.1, 0.15) is 19.4 Å². The number of nitrogens with zero attached hydrogens (tertiary/aromatic N) is 1. The maximum Gasteiger partial charge on any atom is 0.0714 e. The average molecular weight is 586 g/mol. The van der Waals surface area contributed by atoms with Crippen LogP contribution in [0.15, 0.2) is 134 Å². The first kappa shape index (κ1) is 25.8. The number of allylic oxidation sites excluding steroid dienone is 2. The smallest absolute Gasteiger partial charge is 0.0714 e. The lowest BCUT2D eigenvalue weighted by molar-refractivity contribution is 0.827. The minimum absolute atomic E-state index is 0.498.